The molecule has 6 heteroatoms. The molecule has 2 heterocycles. The number of fused-ring (bicyclic) bond motifs is 1. The fourth-order valence-electron chi connectivity index (χ4n) is 2.72. The fourth-order valence-corrected chi connectivity index (χ4v) is 2.72. The Balaban J connectivity index is 1.72. The average molecular weight is 289 g/mol. The molecule has 1 aliphatic rings. The van der Waals surface area contributed by atoms with E-state index in [-0.39, 0.29) is 18.3 Å². The van der Waals surface area contributed by atoms with Gasteiger partial charge in [-0.2, -0.15) is 0 Å². The van der Waals surface area contributed by atoms with E-state index in [0.29, 0.717) is 25.3 Å². The summed E-state index contributed by atoms with van der Waals surface area (Å²) in [6, 6.07) is 6.78. The number of aromatic amines is 1. The zero-order valence-electron chi connectivity index (χ0n) is 11.7. The summed E-state index contributed by atoms with van der Waals surface area (Å²) in [6.07, 6.45) is 0. The number of β-amino-alcohol motifs (C(OH)–C–C–N with tert-alkyl or cyclic N) is 1. The molecule has 0 spiro atoms. The number of hydrogen-bond acceptors (Lipinski definition) is 4. The molecule has 112 valence electrons. The summed E-state index contributed by atoms with van der Waals surface area (Å²) < 4.78 is 0. The molecule has 0 atom stereocenters. The first-order valence-corrected chi connectivity index (χ1v) is 7.11. The van der Waals surface area contributed by atoms with Crippen LogP contribution in [0.4, 0.5) is 0 Å². The second kappa shape index (κ2) is 5.75. The molecule has 6 nitrogen and oxygen atoms in total. The summed E-state index contributed by atoms with van der Waals surface area (Å²) in [5.74, 6) is 0.174. The standard InChI is InChI=1S/C15H19N3O3/c19-8-7-17-3-5-18(6-4-17)15(21)14-10-11-9-12(20)1-2-13(11)16-14/h1-2,9-10,16,19-20H,3-8H2. The van der Waals surface area contributed by atoms with Gasteiger partial charge in [0.05, 0.1) is 6.61 Å². The van der Waals surface area contributed by atoms with Gasteiger partial charge in [-0.25, -0.2) is 0 Å². The number of amides is 1. The Bertz CT molecular complexity index is 645. The lowest BCUT2D eigenvalue weighted by atomic mass is 10.2. The van der Waals surface area contributed by atoms with Crippen LogP contribution < -0.4 is 0 Å². The highest BCUT2D eigenvalue weighted by molar-refractivity contribution is 5.98. The van der Waals surface area contributed by atoms with Crippen LogP contribution in [0.25, 0.3) is 10.9 Å². The van der Waals surface area contributed by atoms with Gasteiger partial charge in [-0.1, -0.05) is 0 Å². The summed E-state index contributed by atoms with van der Waals surface area (Å²) >= 11 is 0. The van der Waals surface area contributed by atoms with Gasteiger partial charge < -0.3 is 20.1 Å². The number of aromatic hydroxyl groups is 1. The number of aliphatic hydroxyl groups excluding tert-OH is 1. The van der Waals surface area contributed by atoms with E-state index in [1.54, 1.807) is 24.3 Å². The van der Waals surface area contributed by atoms with E-state index in [1.165, 1.54) is 0 Å². The van der Waals surface area contributed by atoms with Crippen LogP contribution in [0.15, 0.2) is 24.3 Å². The number of aliphatic hydroxyl groups is 1. The number of carbonyl (C=O) groups excluding carboxylic acids is 1. The molecular formula is C15H19N3O3. The van der Waals surface area contributed by atoms with Gasteiger partial charge in [0.2, 0.25) is 0 Å². The summed E-state index contributed by atoms with van der Waals surface area (Å²) in [6.45, 7) is 3.71. The van der Waals surface area contributed by atoms with Gasteiger partial charge in [-0.3, -0.25) is 9.69 Å². The van der Waals surface area contributed by atoms with Crippen LogP contribution >= 0.6 is 0 Å². The molecule has 1 aromatic heterocycles. The van der Waals surface area contributed by atoms with Crippen molar-refractivity contribution in [3.8, 4) is 5.75 Å². The van der Waals surface area contributed by atoms with Gasteiger partial charge in [0.15, 0.2) is 0 Å². The van der Waals surface area contributed by atoms with E-state index in [0.717, 1.165) is 24.0 Å². The van der Waals surface area contributed by atoms with Crippen molar-refractivity contribution in [2.45, 2.75) is 0 Å². The molecule has 1 aliphatic heterocycles. The SMILES string of the molecule is O=C(c1cc2cc(O)ccc2[nH]1)N1CCN(CCO)CC1. The number of piperazine rings is 1. The molecule has 1 saturated heterocycles. The van der Waals surface area contributed by atoms with E-state index < -0.39 is 0 Å². The lowest BCUT2D eigenvalue weighted by Crippen LogP contribution is -2.49. The van der Waals surface area contributed by atoms with Crippen molar-refractivity contribution in [3.63, 3.8) is 0 Å². The van der Waals surface area contributed by atoms with Crippen molar-refractivity contribution in [3.05, 3.63) is 30.0 Å². The molecule has 1 aromatic carbocycles. The molecule has 2 aromatic rings. The molecule has 21 heavy (non-hydrogen) atoms. The van der Waals surface area contributed by atoms with E-state index in [9.17, 15) is 9.90 Å². The number of phenols is 1. The number of rotatable bonds is 3. The first kappa shape index (κ1) is 13.9. The number of hydrogen-bond donors (Lipinski definition) is 3. The van der Waals surface area contributed by atoms with E-state index in [4.69, 9.17) is 5.11 Å². The summed E-state index contributed by atoms with van der Waals surface area (Å²) in [7, 11) is 0. The number of benzene rings is 1. The maximum atomic E-state index is 12.5. The van der Waals surface area contributed by atoms with Crippen molar-refractivity contribution in [1.29, 1.82) is 0 Å². The Labute approximate surface area is 122 Å². The van der Waals surface area contributed by atoms with Crippen molar-refractivity contribution >= 4 is 16.8 Å². The zero-order valence-corrected chi connectivity index (χ0v) is 11.7. The highest BCUT2D eigenvalue weighted by atomic mass is 16.3. The van der Waals surface area contributed by atoms with Gasteiger partial charge >= 0.3 is 0 Å². The molecule has 1 amide bonds. The molecule has 3 rings (SSSR count). The number of nitrogens with one attached hydrogen (secondary N) is 1. The minimum atomic E-state index is -0.0191. The Hall–Kier alpha value is -2.05. The quantitative estimate of drug-likeness (QED) is 0.774. The molecule has 0 saturated carbocycles. The predicted octanol–water partition coefficient (Wildman–Crippen LogP) is 0.624. The van der Waals surface area contributed by atoms with E-state index >= 15 is 0 Å². The van der Waals surface area contributed by atoms with Gasteiger partial charge in [-0.05, 0) is 24.3 Å². The van der Waals surface area contributed by atoms with Crippen LogP contribution in [0.5, 0.6) is 5.75 Å². The maximum absolute atomic E-state index is 12.5. The first-order chi connectivity index (χ1) is 10.2. The van der Waals surface area contributed by atoms with Crippen LogP contribution in [0.1, 0.15) is 10.5 Å². The normalized spacial score (nSPS) is 16.5. The molecule has 0 unspecified atom stereocenters. The third-order valence-corrected chi connectivity index (χ3v) is 3.91. The van der Waals surface area contributed by atoms with Crippen LogP contribution in [-0.4, -0.2) is 70.2 Å². The first-order valence-electron chi connectivity index (χ1n) is 7.11. The largest absolute Gasteiger partial charge is 0.508 e. The number of aromatic nitrogens is 1. The monoisotopic (exact) mass is 289 g/mol. The lowest BCUT2D eigenvalue weighted by molar-refractivity contribution is 0.0610. The van der Waals surface area contributed by atoms with Gasteiger partial charge in [0, 0.05) is 43.6 Å². The topological polar surface area (TPSA) is 79.8 Å². The highest BCUT2D eigenvalue weighted by Gasteiger charge is 2.22. The molecule has 0 aliphatic carbocycles. The van der Waals surface area contributed by atoms with E-state index in [2.05, 4.69) is 9.88 Å². The maximum Gasteiger partial charge on any atom is 0.270 e. The molecule has 0 radical (unpaired) electrons. The number of phenolic OH excluding ortho intramolecular Hbond substituents is 1. The third-order valence-electron chi connectivity index (χ3n) is 3.91. The number of carbonyl (C=O) groups is 1. The Morgan fingerprint density at radius 3 is 2.67 bits per heavy atom. The Morgan fingerprint density at radius 2 is 1.95 bits per heavy atom. The molecule has 1 fully saturated rings. The van der Waals surface area contributed by atoms with Crippen molar-refractivity contribution < 1.29 is 15.0 Å². The van der Waals surface area contributed by atoms with Crippen molar-refractivity contribution in [2.24, 2.45) is 0 Å². The van der Waals surface area contributed by atoms with Gasteiger partial charge in [0.25, 0.3) is 5.91 Å². The smallest absolute Gasteiger partial charge is 0.270 e. The molecule has 3 N–H and O–H groups in total. The van der Waals surface area contributed by atoms with E-state index in [1.807, 2.05) is 4.90 Å². The van der Waals surface area contributed by atoms with Crippen LogP contribution in [-0.2, 0) is 0 Å². The number of H-pyrrole nitrogens is 1. The summed E-state index contributed by atoms with van der Waals surface area (Å²) in [4.78, 5) is 19.5. The second-order valence-electron chi connectivity index (χ2n) is 5.31. The molecular weight excluding hydrogens is 270 g/mol. The fraction of sp³-hybridized carbons (Fsp3) is 0.400. The Morgan fingerprint density at radius 1 is 1.19 bits per heavy atom. The third kappa shape index (κ3) is 2.86. The molecule has 0 bridgehead atoms. The second-order valence-corrected chi connectivity index (χ2v) is 5.31. The lowest BCUT2D eigenvalue weighted by Gasteiger charge is -2.34. The number of nitrogens with zero attached hydrogens (tertiary/aromatic N) is 2. The van der Waals surface area contributed by atoms with Crippen LogP contribution in [0.3, 0.4) is 0 Å². The minimum Gasteiger partial charge on any atom is -0.508 e. The van der Waals surface area contributed by atoms with Crippen molar-refractivity contribution in [1.82, 2.24) is 14.8 Å². The van der Waals surface area contributed by atoms with Crippen molar-refractivity contribution in [2.75, 3.05) is 39.3 Å². The van der Waals surface area contributed by atoms with Crippen LogP contribution in [0.2, 0.25) is 0 Å². The summed E-state index contributed by atoms with van der Waals surface area (Å²) in [5, 5.41) is 19.2. The van der Waals surface area contributed by atoms with Crippen LogP contribution in [0, 0.1) is 0 Å². The Kier molecular flexibility index (Phi) is 3.81. The zero-order chi connectivity index (χ0) is 14.8. The highest BCUT2D eigenvalue weighted by Crippen LogP contribution is 2.21. The minimum absolute atomic E-state index is 0.0191. The predicted molar refractivity (Wildman–Crippen MR) is 79.4 cm³/mol. The average Bonchev–Trinajstić information content (AvgIpc) is 2.90. The summed E-state index contributed by atoms with van der Waals surface area (Å²) in [5.41, 5.74) is 1.39. The van der Waals surface area contributed by atoms with Gasteiger partial charge in [0.1, 0.15) is 11.4 Å². The van der Waals surface area contributed by atoms with Gasteiger partial charge in [-0.15, -0.1) is 0 Å².